The number of hydrogen-bond acceptors (Lipinski definition) is 1. The third-order valence-corrected chi connectivity index (χ3v) is 3.87. The van der Waals surface area contributed by atoms with Crippen molar-refractivity contribution in [3.8, 4) is 0 Å². The Morgan fingerprint density at radius 3 is 2.33 bits per heavy atom. The average molecular weight is 269 g/mol. The minimum Gasteiger partial charge on any atom is -0.247 e. The van der Waals surface area contributed by atoms with Crippen LogP contribution in [0.25, 0.3) is 21.8 Å². The highest BCUT2D eigenvalue weighted by molar-refractivity contribution is 5.94. The maximum Gasteiger partial charge on any atom is 0.0745 e. The second-order valence-corrected chi connectivity index (χ2v) is 5.33. The molecule has 1 heteroatoms. The number of nitrogens with zero attached hydrogens (tertiary/aromatic N) is 1. The normalized spacial score (nSPS) is 11.0. The maximum absolute atomic E-state index is 4.87. The van der Waals surface area contributed by atoms with Gasteiger partial charge in [-0.15, -0.1) is 0 Å². The van der Waals surface area contributed by atoms with E-state index in [1.54, 1.807) is 0 Å². The molecule has 4 rings (SSSR count). The van der Waals surface area contributed by atoms with Crippen molar-refractivity contribution in [2.24, 2.45) is 0 Å². The molecule has 0 saturated heterocycles. The van der Waals surface area contributed by atoms with Crippen LogP contribution in [0.3, 0.4) is 0 Å². The molecule has 3 aromatic carbocycles. The highest BCUT2D eigenvalue weighted by Gasteiger charge is 2.05. The van der Waals surface area contributed by atoms with Gasteiger partial charge in [0.05, 0.1) is 11.0 Å². The highest BCUT2D eigenvalue weighted by atomic mass is 14.7. The molecule has 0 amide bonds. The van der Waals surface area contributed by atoms with Crippen molar-refractivity contribution in [2.45, 2.75) is 6.42 Å². The van der Waals surface area contributed by atoms with Gasteiger partial charge in [0, 0.05) is 10.8 Å². The molecule has 0 saturated carbocycles. The zero-order valence-electron chi connectivity index (χ0n) is 11.7. The summed E-state index contributed by atoms with van der Waals surface area (Å²) in [5.41, 5.74) is 4.77. The SMILES string of the molecule is c1ccc(Cc2cccc3cc4ccccc4nc23)cc1. The van der Waals surface area contributed by atoms with E-state index in [1.807, 2.05) is 6.07 Å². The smallest absolute Gasteiger partial charge is 0.0745 e. The van der Waals surface area contributed by atoms with Crippen LogP contribution < -0.4 is 0 Å². The van der Waals surface area contributed by atoms with Gasteiger partial charge in [0.15, 0.2) is 0 Å². The third-order valence-electron chi connectivity index (χ3n) is 3.87. The summed E-state index contributed by atoms with van der Waals surface area (Å²) < 4.78 is 0. The minimum absolute atomic E-state index is 0.920. The molecule has 0 radical (unpaired) electrons. The summed E-state index contributed by atoms with van der Waals surface area (Å²) in [6.45, 7) is 0. The fourth-order valence-electron chi connectivity index (χ4n) is 2.82. The molecule has 0 aliphatic heterocycles. The Hall–Kier alpha value is -2.67. The maximum atomic E-state index is 4.87. The molecule has 0 fully saturated rings. The van der Waals surface area contributed by atoms with E-state index < -0.39 is 0 Å². The van der Waals surface area contributed by atoms with Gasteiger partial charge >= 0.3 is 0 Å². The first-order valence-electron chi connectivity index (χ1n) is 7.21. The molecule has 1 nitrogen and oxygen atoms in total. The van der Waals surface area contributed by atoms with Crippen molar-refractivity contribution in [1.29, 1.82) is 0 Å². The fraction of sp³-hybridized carbons (Fsp3) is 0.0500. The lowest BCUT2D eigenvalue weighted by Gasteiger charge is -2.07. The van der Waals surface area contributed by atoms with Crippen LogP contribution in [0.4, 0.5) is 0 Å². The average Bonchev–Trinajstić information content (AvgIpc) is 2.54. The number of benzene rings is 3. The number of aromatic nitrogens is 1. The number of hydrogen-bond donors (Lipinski definition) is 0. The second kappa shape index (κ2) is 5.02. The Kier molecular flexibility index (Phi) is 2.89. The summed E-state index contributed by atoms with van der Waals surface area (Å²) in [4.78, 5) is 4.87. The van der Waals surface area contributed by atoms with Crippen LogP contribution in [0.5, 0.6) is 0 Å². The number of pyridine rings is 1. The Bertz CT molecular complexity index is 910. The molecule has 0 N–H and O–H groups in total. The van der Waals surface area contributed by atoms with E-state index in [0.29, 0.717) is 0 Å². The van der Waals surface area contributed by atoms with Crippen LogP contribution >= 0.6 is 0 Å². The lowest BCUT2D eigenvalue weighted by atomic mass is 10.0. The molecule has 0 aliphatic carbocycles. The summed E-state index contributed by atoms with van der Waals surface area (Å²) in [6.07, 6.45) is 0.920. The van der Waals surface area contributed by atoms with Gasteiger partial charge in [-0.05, 0) is 29.7 Å². The molecule has 100 valence electrons. The molecule has 0 unspecified atom stereocenters. The van der Waals surface area contributed by atoms with Gasteiger partial charge in [0.25, 0.3) is 0 Å². The van der Waals surface area contributed by atoms with E-state index in [1.165, 1.54) is 21.9 Å². The zero-order chi connectivity index (χ0) is 14.1. The number of rotatable bonds is 2. The fourth-order valence-corrected chi connectivity index (χ4v) is 2.82. The van der Waals surface area contributed by atoms with Crippen LogP contribution in [0.15, 0.2) is 78.9 Å². The quantitative estimate of drug-likeness (QED) is 0.468. The van der Waals surface area contributed by atoms with Gasteiger partial charge in [-0.1, -0.05) is 66.7 Å². The van der Waals surface area contributed by atoms with Crippen LogP contribution in [0, 0.1) is 0 Å². The van der Waals surface area contributed by atoms with Crippen molar-refractivity contribution in [3.63, 3.8) is 0 Å². The second-order valence-electron chi connectivity index (χ2n) is 5.33. The van der Waals surface area contributed by atoms with Crippen LogP contribution in [0.1, 0.15) is 11.1 Å². The molecule has 0 aliphatic rings. The van der Waals surface area contributed by atoms with Gasteiger partial charge in [0.2, 0.25) is 0 Å². The van der Waals surface area contributed by atoms with E-state index in [4.69, 9.17) is 4.98 Å². The Labute approximate surface area is 123 Å². The minimum atomic E-state index is 0.920. The Balaban J connectivity index is 1.90. The van der Waals surface area contributed by atoms with E-state index >= 15 is 0 Å². The van der Waals surface area contributed by atoms with Crippen molar-refractivity contribution in [3.05, 3.63) is 90.0 Å². The van der Waals surface area contributed by atoms with Crippen LogP contribution in [-0.2, 0) is 6.42 Å². The van der Waals surface area contributed by atoms with Crippen LogP contribution in [0.2, 0.25) is 0 Å². The topological polar surface area (TPSA) is 12.9 Å². The molecule has 0 bridgehead atoms. The predicted octanol–water partition coefficient (Wildman–Crippen LogP) is 4.98. The largest absolute Gasteiger partial charge is 0.247 e. The molecule has 1 heterocycles. The molecule has 1 aromatic heterocycles. The monoisotopic (exact) mass is 269 g/mol. The van der Waals surface area contributed by atoms with Gasteiger partial charge in [-0.25, -0.2) is 4.98 Å². The number of para-hydroxylation sites is 2. The van der Waals surface area contributed by atoms with E-state index in [0.717, 1.165) is 17.5 Å². The summed E-state index contributed by atoms with van der Waals surface area (Å²) in [6, 6.07) is 27.5. The standard InChI is InChI=1S/C20H15N/c1-2-7-15(8-3-1)13-17-10-6-11-18-14-16-9-4-5-12-19(16)21-20(17)18/h1-12,14H,13H2. The van der Waals surface area contributed by atoms with Crippen molar-refractivity contribution >= 4 is 21.8 Å². The summed E-state index contributed by atoms with van der Waals surface area (Å²) in [5.74, 6) is 0. The van der Waals surface area contributed by atoms with Crippen LogP contribution in [-0.4, -0.2) is 4.98 Å². The third kappa shape index (κ3) is 2.27. The molecule has 21 heavy (non-hydrogen) atoms. The highest BCUT2D eigenvalue weighted by Crippen LogP contribution is 2.24. The van der Waals surface area contributed by atoms with Gasteiger partial charge < -0.3 is 0 Å². The van der Waals surface area contributed by atoms with Crippen molar-refractivity contribution in [1.82, 2.24) is 4.98 Å². The first-order valence-corrected chi connectivity index (χ1v) is 7.21. The van der Waals surface area contributed by atoms with E-state index in [2.05, 4.69) is 72.8 Å². The number of fused-ring (bicyclic) bond motifs is 2. The summed E-state index contributed by atoms with van der Waals surface area (Å²) in [5, 5.41) is 2.41. The summed E-state index contributed by atoms with van der Waals surface area (Å²) >= 11 is 0. The lowest BCUT2D eigenvalue weighted by molar-refractivity contribution is 1.20. The summed E-state index contributed by atoms with van der Waals surface area (Å²) in [7, 11) is 0. The van der Waals surface area contributed by atoms with Crippen molar-refractivity contribution < 1.29 is 0 Å². The first-order chi connectivity index (χ1) is 10.4. The first kappa shape index (κ1) is 12.1. The van der Waals surface area contributed by atoms with E-state index in [9.17, 15) is 0 Å². The lowest BCUT2D eigenvalue weighted by Crippen LogP contribution is -1.92. The van der Waals surface area contributed by atoms with E-state index in [-0.39, 0.29) is 0 Å². The molecular formula is C20H15N. The van der Waals surface area contributed by atoms with Gasteiger partial charge in [-0.3, -0.25) is 0 Å². The molecule has 0 atom stereocenters. The van der Waals surface area contributed by atoms with Gasteiger partial charge in [0.1, 0.15) is 0 Å². The van der Waals surface area contributed by atoms with Gasteiger partial charge in [-0.2, -0.15) is 0 Å². The Morgan fingerprint density at radius 1 is 0.667 bits per heavy atom. The predicted molar refractivity (Wildman–Crippen MR) is 88.5 cm³/mol. The van der Waals surface area contributed by atoms with Crippen molar-refractivity contribution in [2.75, 3.05) is 0 Å². The Morgan fingerprint density at radius 2 is 1.43 bits per heavy atom. The zero-order valence-corrected chi connectivity index (χ0v) is 11.7. The molecular weight excluding hydrogens is 254 g/mol. The molecule has 0 spiro atoms. The molecule has 4 aromatic rings.